The monoisotopic (exact) mass is 425 g/mol. The van der Waals surface area contributed by atoms with Gasteiger partial charge in [-0.25, -0.2) is 13.6 Å². The van der Waals surface area contributed by atoms with E-state index in [0.717, 1.165) is 23.6 Å². The van der Waals surface area contributed by atoms with E-state index in [2.05, 4.69) is 20.8 Å². The van der Waals surface area contributed by atoms with E-state index in [1.807, 2.05) is 47.0 Å². The van der Waals surface area contributed by atoms with E-state index in [-0.39, 0.29) is 17.4 Å². The van der Waals surface area contributed by atoms with Crippen LogP contribution in [0.15, 0.2) is 36.4 Å². The molecule has 6 heteroatoms. The third-order valence-corrected chi connectivity index (χ3v) is 3.17. The van der Waals surface area contributed by atoms with E-state index >= 15 is 0 Å². The summed E-state index contributed by atoms with van der Waals surface area (Å²) in [5, 5.41) is 9.05. The standard InChI is InChI=1S/C16H15F2NO3.C4H10.2C2H6/c1-9(2)10-6-7-13(19-21)14(8-10)22-16(20)11-4-3-5-12(17)15(11)18;1-4(2)3;2*1-2/h3-9,19,21H,1-2H3;4H,1-3H3;2*1-2H3. The maximum Gasteiger partial charge on any atom is 0.346 e. The molecule has 30 heavy (non-hydrogen) atoms. The second-order valence-electron chi connectivity index (χ2n) is 6.75. The van der Waals surface area contributed by atoms with Gasteiger partial charge in [-0.15, -0.1) is 0 Å². The van der Waals surface area contributed by atoms with Crippen molar-refractivity contribution in [3.05, 3.63) is 59.2 Å². The molecule has 2 aromatic carbocycles. The first-order chi connectivity index (χ1) is 14.2. The molecule has 2 N–H and O–H groups in total. The van der Waals surface area contributed by atoms with Gasteiger partial charge < -0.3 is 4.74 Å². The molecular formula is C24H37F2NO3. The number of anilines is 1. The first-order valence-corrected chi connectivity index (χ1v) is 10.4. The minimum atomic E-state index is -1.27. The highest BCUT2D eigenvalue weighted by molar-refractivity contribution is 5.92. The molecular weight excluding hydrogens is 388 g/mol. The fraction of sp³-hybridized carbons (Fsp3) is 0.458. The summed E-state index contributed by atoms with van der Waals surface area (Å²) in [6.45, 7) is 18.4. The van der Waals surface area contributed by atoms with Gasteiger partial charge in [-0.1, -0.05) is 74.4 Å². The van der Waals surface area contributed by atoms with Crippen LogP contribution >= 0.6 is 0 Å². The van der Waals surface area contributed by atoms with Crippen LogP contribution in [0.1, 0.15) is 84.2 Å². The molecule has 0 saturated carbocycles. The Bertz CT molecular complexity index is 744. The van der Waals surface area contributed by atoms with Crippen LogP contribution in [-0.4, -0.2) is 11.2 Å². The van der Waals surface area contributed by atoms with Crippen molar-refractivity contribution in [2.24, 2.45) is 5.92 Å². The number of esters is 1. The highest BCUT2D eigenvalue weighted by atomic mass is 19.2. The number of hydrogen-bond acceptors (Lipinski definition) is 4. The molecule has 2 rings (SSSR count). The summed E-state index contributed by atoms with van der Waals surface area (Å²) in [6.07, 6.45) is 0. The number of rotatable bonds is 4. The first-order valence-electron chi connectivity index (χ1n) is 10.4. The van der Waals surface area contributed by atoms with E-state index < -0.39 is 23.2 Å². The van der Waals surface area contributed by atoms with Crippen LogP contribution < -0.4 is 10.2 Å². The van der Waals surface area contributed by atoms with Crippen molar-refractivity contribution in [3.8, 4) is 5.75 Å². The quantitative estimate of drug-likeness (QED) is 0.298. The van der Waals surface area contributed by atoms with Crippen molar-refractivity contribution in [2.75, 3.05) is 5.48 Å². The van der Waals surface area contributed by atoms with Gasteiger partial charge in [0.25, 0.3) is 0 Å². The summed E-state index contributed by atoms with van der Waals surface area (Å²) >= 11 is 0. The molecule has 0 bridgehead atoms. The van der Waals surface area contributed by atoms with Gasteiger partial charge in [-0.3, -0.25) is 10.7 Å². The molecule has 0 aliphatic heterocycles. The molecule has 0 radical (unpaired) electrons. The van der Waals surface area contributed by atoms with Gasteiger partial charge >= 0.3 is 5.97 Å². The van der Waals surface area contributed by atoms with Crippen molar-refractivity contribution in [3.63, 3.8) is 0 Å². The summed E-state index contributed by atoms with van der Waals surface area (Å²) in [5.41, 5.74) is 2.39. The maximum absolute atomic E-state index is 13.6. The second kappa shape index (κ2) is 16.3. The predicted octanol–water partition coefficient (Wildman–Crippen LogP) is 7.82. The molecule has 4 nitrogen and oxygen atoms in total. The third-order valence-electron chi connectivity index (χ3n) is 3.17. The minimum Gasteiger partial charge on any atom is -0.421 e. The summed E-state index contributed by atoms with van der Waals surface area (Å²) < 4.78 is 31.8. The van der Waals surface area contributed by atoms with E-state index in [9.17, 15) is 13.6 Å². The molecule has 0 aromatic heterocycles. The van der Waals surface area contributed by atoms with Crippen LogP contribution in [0.4, 0.5) is 14.5 Å². The normalized spacial score (nSPS) is 9.40. The van der Waals surface area contributed by atoms with Gasteiger partial charge in [0.15, 0.2) is 17.4 Å². The molecule has 0 heterocycles. The van der Waals surface area contributed by atoms with E-state index in [4.69, 9.17) is 9.94 Å². The van der Waals surface area contributed by atoms with Crippen LogP contribution in [0, 0.1) is 17.6 Å². The SMILES string of the molecule is CC.CC.CC(C)C.CC(C)c1ccc(NO)c(OC(=O)c2cccc(F)c2F)c1. The number of carbonyl (C=O) groups excluding carboxylic acids is 1. The Morgan fingerprint density at radius 2 is 1.50 bits per heavy atom. The number of nitrogens with one attached hydrogen (secondary N) is 1. The van der Waals surface area contributed by atoms with Crippen LogP contribution in [0.25, 0.3) is 0 Å². The van der Waals surface area contributed by atoms with Crippen LogP contribution in [-0.2, 0) is 0 Å². The molecule has 0 unspecified atom stereocenters. The lowest BCUT2D eigenvalue weighted by Gasteiger charge is -2.13. The first kappa shape index (κ1) is 29.7. The van der Waals surface area contributed by atoms with Crippen molar-refractivity contribution < 1.29 is 23.5 Å². The lowest BCUT2D eigenvalue weighted by atomic mass is 10.0. The molecule has 0 amide bonds. The van der Waals surface area contributed by atoms with Gasteiger partial charge in [-0.2, -0.15) is 0 Å². The fourth-order valence-electron chi connectivity index (χ4n) is 1.89. The average molecular weight is 426 g/mol. The topological polar surface area (TPSA) is 58.6 Å². The number of carbonyl (C=O) groups is 1. The van der Waals surface area contributed by atoms with Crippen LogP contribution in [0.3, 0.4) is 0 Å². The van der Waals surface area contributed by atoms with E-state index in [0.29, 0.717) is 0 Å². The highest BCUT2D eigenvalue weighted by Gasteiger charge is 2.19. The molecule has 0 atom stereocenters. The van der Waals surface area contributed by atoms with Gasteiger partial charge in [-0.05, 0) is 41.7 Å². The number of halogens is 2. The molecule has 0 fully saturated rings. The fourth-order valence-corrected chi connectivity index (χ4v) is 1.89. The van der Waals surface area contributed by atoms with Gasteiger partial charge in [0.1, 0.15) is 5.69 Å². The lowest BCUT2D eigenvalue weighted by Crippen LogP contribution is -2.13. The van der Waals surface area contributed by atoms with E-state index in [1.54, 1.807) is 12.1 Å². The Balaban J connectivity index is 0. The van der Waals surface area contributed by atoms with Crippen molar-refractivity contribution in [1.29, 1.82) is 0 Å². The molecule has 0 aliphatic rings. The molecule has 0 aliphatic carbocycles. The Morgan fingerprint density at radius 3 is 1.97 bits per heavy atom. The molecule has 170 valence electrons. The lowest BCUT2D eigenvalue weighted by molar-refractivity contribution is 0.0729. The number of hydrogen-bond donors (Lipinski definition) is 2. The Hall–Kier alpha value is -2.47. The largest absolute Gasteiger partial charge is 0.421 e. The van der Waals surface area contributed by atoms with Gasteiger partial charge in [0.05, 0.1) is 5.56 Å². The van der Waals surface area contributed by atoms with Crippen molar-refractivity contribution in [2.45, 2.75) is 68.2 Å². The van der Waals surface area contributed by atoms with Gasteiger partial charge in [0.2, 0.25) is 0 Å². The molecule has 0 spiro atoms. The van der Waals surface area contributed by atoms with E-state index in [1.165, 1.54) is 12.1 Å². The number of ether oxygens (including phenoxy) is 1. The summed E-state index contributed by atoms with van der Waals surface area (Å²) in [6, 6.07) is 8.08. The highest BCUT2D eigenvalue weighted by Crippen LogP contribution is 2.29. The van der Waals surface area contributed by atoms with Crippen molar-refractivity contribution in [1.82, 2.24) is 0 Å². The summed E-state index contributed by atoms with van der Waals surface area (Å²) in [7, 11) is 0. The zero-order valence-electron chi connectivity index (χ0n) is 19.6. The summed E-state index contributed by atoms with van der Waals surface area (Å²) in [5.74, 6) is -2.43. The maximum atomic E-state index is 13.6. The molecule has 2 aromatic rings. The average Bonchev–Trinajstić information content (AvgIpc) is 2.72. The minimum absolute atomic E-state index is 0.0300. The van der Waals surface area contributed by atoms with Crippen LogP contribution in [0.2, 0.25) is 0 Å². The third kappa shape index (κ3) is 10.3. The zero-order chi connectivity index (χ0) is 23.9. The number of benzene rings is 2. The summed E-state index contributed by atoms with van der Waals surface area (Å²) in [4.78, 5) is 12.0. The second-order valence-corrected chi connectivity index (χ2v) is 6.75. The smallest absolute Gasteiger partial charge is 0.346 e. The Labute approximate surface area is 180 Å². The Morgan fingerprint density at radius 1 is 0.967 bits per heavy atom. The van der Waals surface area contributed by atoms with Crippen LogP contribution in [0.5, 0.6) is 5.75 Å². The van der Waals surface area contributed by atoms with Gasteiger partial charge in [0, 0.05) is 0 Å². The Kier molecular flexibility index (Phi) is 16.2. The molecule has 0 saturated heterocycles. The zero-order valence-corrected chi connectivity index (χ0v) is 19.6. The predicted molar refractivity (Wildman–Crippen MR) is 120 cm³/mol. The van der Waals surface area contributed by atoms with Crippen molar-refractivity contribution >= 4 is 11.7 Å².